The molecule has 0 unspecified atom stereocenters. The first-order valence-corrected chi connectivity index (χ1v) is 10.4. The van der Waals surface area contributed by atoms with Gasteiger partial charge in [0.2, 0.25) is 0 Å². The molecule has 6 nitrogen and oxygen atoms in total. The van der Waals surface area contributed by atoms with E-state index >= 15 is 0 Å². The number of nitrogens with zero attached hydrogens (tertiary/aromatic N) is 3. The maximum Gasteiger partial charge on any atom is 0.269 e. The molecule has 0 fully saturated rings. The summed E-state index contributed by atoms with van der Waals surface area (Å²) in [6.45, 7) is 4.01. The van der Waals surface area contributed by atoms with Crippen molar-refractivity contribution < 1.29 is 4.92 Å². The molecular weight excluding hydrogens is 398 g/mol. The van der Waals surface area contributed by atoms with Crippen molar-refractivity contribution in [2.75, 3.05) is 0 Å². The summed E-state index contributed by atoms with van der Waals surface area (Å²) in [4.78, 5) is 28.6. The van der Waals surface area contributed by atoms with Crippen molar-refractivity contribution in [2.45, 2.75) is 24.8 Å². The third-order valence-corrected chi connectivity index (χ3v) is 6.09. The van der Waals surface area contributed by atoms with Crippen LogP contribution in [-0.2, 0) is 5.75 Å². The highest BCUT2D eigenvalue weighted by atomic mass is 32.2. The number of nitro benzene ring substituents is 1. The Labute approximate surface area is 177 Å². The number of fused-ring (bicyclic) bond motifs is 1. The van der Waals surface area contributed by atoms with Gasteiger partial charge in [0, 0.05) is 17.9 Å². The summed E-state index contributed by atoms with van der Waals surface area (Å²) in [6, 6.07) is 19.6. The number of nitro groups is 1. The lowest BCUT2D eigenvalue weighted by Crippen LogP contribution is -2.22. The van der Waals surface area contributed by atoms with Crippen molar-refractivity contribution in [3.05, 3.63) is 104 Å². The maximum absolute atomic E-state index is 13.4. The molecule has 0 bridgehead atoms. The molecule has 0 saturated heterocycles. The molecule has 1 aromatic heterocycles. The van der Waals surface area contributed by atoms with E-state index in [2.05, 4.69) is 0 Å². The number of rotatable bonds is 5. The molecule has 4 aromatic rings. The van der Waals surface area contributed by atoms with E-state index in [0.717, 1.165) is 22.4 Å². The van der Waals surface area contributed by atoms with Gasteiger partial charge in [0.15, 0.2) is 5.16 Å². The minimum Gasteiger partial charge on any atom is -0.268 e. The molecule has 7 heteroatoms. The van der Waals surface area contributed by atoms with E-state index in [0.29, 0.717) is 21.8 Å². The average Bonchev–Trinajstić information content (AvgIpc) is 2.75. The molecule has 0 aliphatic heterocycles. The van der Waals surface area contributed by atoms with Crippen LogP contribution >= 0.6 is 11.8 Å². The summed E-state index contributed by atoms with van der Waals surface area (Å²) in [5, 5.41) is 12.0. The average molecular weight is 417 g/mol. The monoisotopic (exact) mass is 417 g/mol. The lowest BCUT2D eigenvalue weighted by Gasteiger charge is -2.16. The summed E-state index contributed by atoms with van der Waals surface area (Å²) >= 11 is 1.43. The summed E-state index contributed by atoms with van der Waals surface area (Å²) in [5.74, 6) is 0.535. The first kappa shape index (κ1) is 19.8. The van der Waals surface area contributed by atoms with Gasteiger partial charge < -0.3 is 0 Å². The van der Waals surface area contributed by atoms with Gasteiger partial charge >= 0.3 is 0 Å². The Morgan fingerprint density at radius 3 is 2.47 bits per heavy atom. The Kier molecular flexibility index (Phi) is 5.37. The van der Waals surface area contributed by atoms with E-state index in [1.54, 1.807) is 22.8 Å². The Morgan fingerprint density at radius 1 is 1.00 bits per heavy atom. The van der Waals surface area contributed by atoms with Gasteiger partial charge in [-0.1, -0.05) is 48.2 Å². The van der Waals surface area contributed by atoms with Gasteiger partial charge in [0.25, 0.3) is 11.2 Å². The van der Waals surface area contributed by atoms with E-state index < -0.39 is 4.92 Å². The van der Waals surface area contributed by atoms with E-state index in [1.807, 2.05) is 50.2 Å². The number of thioether (sulfide) groups is 1. The SMILES string of the molecule is Cc1cccc(-n2c(SCc3ccc([N+](=O)[O-])cc3)nc3ccccc3c2=O)c1C. The Balaban J connectivity index is 1.81. The number of aryl methyl sites for hydroxylation is 1. The highest BCUT2D eigenvalue weighted by molar-refractivity contribution is 7.98. The minimum atomic E-state index is -0.417. The van der Waals surface area contributed by atoms with Gasteiger partial charge in [0.05, 0.1) is 21.5 Å². The molecule has 0 spiro atoms. The Morgan fingerprint density at radius 2 is 1.73 bits per heavy atom. The quantitative estimate of drug-likeness (QED) is 0.193. The van der Waals surface area contributed by atoms with Crippen molar-refractivity contribution in [2.24, 2.45) is 0 Å². The second-order valence-electron chi connectivity index (χ2n) is 6.98. The van der Waals surface area contributed by atoms with Crippen LogP contribution in [0.25, 0.3) is 16.6 Å². The molecule has 30 heavy (non-hydrogen) atoms. The molecule has 1 heterocycles. The second-order valence-corrected chi connectivity index (χ2v) is 7.93. The fraction of sp³-hybridized carbons (Fsp3) is 0.130. The molecule has 4 rings (SSSR count). The number of benzene rings is 3. The first-order valence-electron chi connectivity index (χ1n) is 9.40. The van der Waals surface area contributed by atoms with Crippen molar-refractivity contribution in [1.82, 2.24) is 9.55 Å². The largest absolute Gasteiger partial charge is 0.269 e. The molecule has 0 saturated carbocycles. The number of hydrogen-bond acceptors (Lipinski definition) is 5. The fourth-order valence-corrected chi connectivity index (χ4v) is 4.22. The van der Waals surface area contributed by atoms with Crippen LogP contribution in [0.1, 0.15) is 16.7 Å². The van der Waals surface area contributed by atoms with Gasteiger partial charge in [-0.15, -0.1) is 0 Å². The van der Waals surface area contributed by atoms with Gasteiger partial charge in [-0.05, 0) is 48.7 Å². The topological polar surface area (TPSA) is 78.0 Å². The first-order chi connectivity index (χ1) is 14.5. The molecule has 3 aromatic carbocycles. The van der Waals surface area contributed by atoms with Crippen LogP contribution in [0.5, 0.6) is 0 Å². The van der Waals surface area contributed by atoms with E-state index in [-0.39, 0.29) is 11.2 Å². The van der Waals surface area contributed by atoms with Crippen molar-refractivity contribution >= 4 is 28.4 Å². The summed E-state index contributed by atoms with van der Waals surface area (Å²) < 4.78 is 1.67. The molecular formula is C23H19N3O3S. The van der Waals surface area contributed by atoms with Crippen LogP contribution in [0.4, 0.5) is 5.69 Å². The van der Waals surface area contributed by atoms with Crippen LogP contribution in [0, 0.1) is 24.0 Å². The number of aromatic nitrogens is 2. The fourth-order valence-electron chi connectivity index (χ4n) is 3.26. The van der Waals surface area contributed by atoms with Crippen molar-refractivity contribution in [3.8, 4) is 5.69 Å². The van der Waals surface area contributed by atoms with Crippen LogP contribution < -0.4 is 5.56 Å². The molecule has 150 valence electrons. The molecule has 0 radical (unpaired) electrons. The number of non-ortho nitro benzene ring substituents is 1. The van der Waals surface area contributed by atoms with E-state index in [4.69, 9.17) is 4.98 Å². The summed E-state index contributed by atoms with van der Waals surface area (Å²) in [6.07, 6.45) is 0. The van der Waals surface area contributed by atoms with Crippen molar-refractivity contribution in [1.29, 1.82) is 0 Å². The zero-order valence-electron chi connectivity index (χ0n) is 16.5. The normalized spacial score (nSPS) is 11.0. The highest BCUT2D eigenvalue weighted by Gasteiger charge is 2.16. The minimum absolute atomic E-state index is 0.0554. The second kappa shape index (κ2) is 8.12. The van der Waals surface area contributed by atoms with Gasteiger partial charge in [-0.2, -0.15) is 0 Å². The standard InChI is InChI=1S/C23H19N3O3S/c1-15-6-5-9-21(16(15)2)25-22(27)19-7-3-4-8-20(19)24-23(25)30-14-17-10-12-18(13-11-17)26(28)29/h3-13H,14H2,1-2H3. The molecule has 0 atom stereocenters. The highest BCUT2D eigenvalue weighted by Crippen LogP contribution is 2.27. The van der Waals surface area contributed by atoms with Gasteiger partial charge in [-0.3, -0.25) is 19.5 Å². The van der Waals surface area contributed by atoms with E-state index in [1.165, 1.54) is 23.9 Å². The Hall–Kier alpha value is -3.45. The number of hydrogen-bond donors (Lipinski definition) is 0. The molecule has 0 N–H and O–H groups in total. The third kappa shape index (κ3) is 3.71. The zero-order valence-corrected chi connectivity index (χ0v) is 17.3. The summed E-state index contributed by atoms with van der Waals surface area (Å²) in [7, 11) is 0. The predicted molar refractivity (Wildman–Crippen MR) is 119 cm³/mol. The molecule has 0 aliphatic carbocycles. The zero-order chi connectivity index (χ0) is 21.3. The number of para-hydroxylation sites is 1. The lowest BCUT2D eigenvalue weighted by molar-refractivity contribution is -0.384. The predicted octanol–water partition coefficient (Wildman–Crippen LogP) is 5.20. The van der Waals surface area contributed by atoms with Gasteiger partial charge in [-0.25, -0.2) is 4.98 Å². The smallest absolute Gasteiger partial charge is 0.268 e. The summed E-state index contributed by atoms with van der Waals surface area (Å²) in [5.41, 5.74) is 4.44. The van der Waals surface area contributed by atoms with Crippen LogP contribution in [0.15, 0.2) is 76.7 Å². The van der Waals surface area contributed by atoms with Gasteiger partial charge in [0.1, 0.15) is 0 Å². The Bertz CT molecular complexity index is 1310. The van der Waals surface area contributed by atoms with Crippen molar-refractivity contribution in [3.63, 3.8) is 0 Å². The maximum atomic E-state index is 13.4. The van der Waals surface area contributed by atoms with Crippen LogP contribution in [0.2, 0.25) is 0 Å². The van der Waals surface area contributed by atoms with Crippen LogP contribution in [0.3, 0.4) is 0 Å². The lowest BCUT2D eigenvalue weighted by atomic mass is 10.1. The molecule has 0 aliphatic rings. The van der Waals surface area contributed by atoms with E-state index in [9.17, 15) is 14.9 Å². The molecule has 0 amide bonds. The third-order valence-electron chi connectivity index (χ3n) is 5.08. The van der Waals surface area contributed by atoms with Crippen LogP contribution in [-0.4, -0.2) is 14.5 Å².